The van der Waals surface area contributed by atoms with Gasteiger partial charge in [-0.2, -0.15) is 0 Å². The largest absolute Gasteiger partial charge is 0.494 e. The van der Waals surface area contributed by atoms with Crippen LogP contribution in [0, 0.1) is 17.8 Å². The third-order valence-corrected chi connectivity index (χ3v) is 10.4. The van der Waals surface area contributed by atoms with E-state index in [2.05, 4.69) is 13.2 Å². The number of aliphatic hydroxyl groups excluding tert-OH is 1. The first kappa shape index (κ1) is 34.7. The van der Waals surface area contributed by atoms with Gasteiger partial charge in [0.1, 0.15) is 17.4 Å². The number of benzene rings is 1. The Labute approximate surface area is 269 Å². The fourth-order valence-electron chi connectivity index (χ4n) is 7.96. The average Bonchev–Trinajstić information content (AvgIpc) is 3.62. The van der Waals surface area contributed by atoms with Crippen LogP contribution in [0.25, 0.3) is 0 Å². The fraction of sp³-hybridized carbons (Fsp3) is 0.639. The van der Waals surface area contributed by atoms with Crippen LogP contribution in [0.3, 0.4) is 0 Å². The Balaban J connectivity index is 1.88. The summed E-state index contributed by atoms with van der Waals surface area (Å²) in [6, 6.07) is 5.74. The zero-order valence-electron chi connectivity index (χ0n) is 28.3. The maximum absolute atomic E-state index is 14.9. The smallest absolute Gasteiger partial charge is 0.249 e. The van der Waals surface area contributed by atoms with Crippen LogP contribution < -0.4 is 9.64 Å². The van der Waals surface area contributed by atoms with Gasteiger partial charge >= 0.3 is 0 Å². The van der Waals surface area contributed by atoms with Crippen molar-refractivity contribution in [3.63, 3.8) is 0 Å². The van der Waals surface area contributed by atoms with E-state index in [1.165, 1.54) is 0 Å². The molecule has 3 fully saturated rings. The Morgan fingerprint density at radius 2 is 1.76 bits per heavy atom. The summed E-state index contributed by atoms with van der Waals surface area (Å²) in [4.78, 5) is 49.5. The molecule has 9 heteroatoms. The Morgan fingerprint density at radius 1 is 1.11 bits per heavy atom. The number of likely N-dealkylation sites (tertiary alicyclic amines) is 1. The number of carbonyl (C=O) groups excluding carboxylic acids is 3. The quantitative estimate of drug-likeness (QED) is 0.294. The average molecular weight is 624 g/mol. The van der Waals surface area contributed by atoms with Gasteiger partial charge in [-0.3, -0.25) is 14.4 Å². The van der Waals surface area contributed by atoms with Crippen LogP contribution in [-0.4, -0.2) is 87.8 Å². The van der Waals surface area contributed by atoms with Gasteiger partial charge in [0.05, 0.1) is 36.7 Å². The second kappa shape index (κ2) is 13.3. The van der Waals surface area contributed by atoms with Crippen LogP contribution >= 0.6 is 0 Å². The topological polar surface area (TPSA) is 99.6 Å². The van der Waals surface area contributed by atoms with Crippen molar-refractivity contribution in [3.05, 3.63) is 49.6 Å². The van der Waals surface area contributed by atoms with Gasteiger partial charge in [-0.1, -0.05) is 39.3 Å². The SMILES string of the molecule is C=CCN(C(=O)[C@@H]1[C@H]2C(=O)N([C@@H](CO)[C@@H](C)CC)C(C(=O)N(CC=C)C(C)(C)C)C23CC[C@@]1(CC)O3)c1ccc(OCC)cc1. The molecule has 3 amide bonds. The minimum Gasteiger partial charge on any atom is -0.494 e. The molecule has 3 aliphatic heterocycles. The number of rotatable bonds is 14. The molecule has 1 aromatic carbocycles. The number of hydrogen-bond donors (Lipinski definition) is 1. The highest BCUT2D eigenvalue weighted by Crippen LogP contribution is 2.65. The second-order valence-corrected chi connectivity index (χ2v) is 13.8. The molecule has 3 heterocycles. The number of anilines is 1. The van der Waals surface area contributed by atoms with Crippen LogP contribution in [0.1, 0.15) is 74.1 Å². The van der Waals surface area contributed by atoms with Crippen molar-refractivity contribution in [2.24, 2.45) is 17.8 Å². The van der Waals surface area contributed by atoms with E-state index < -0.39 is 40.7 Å². The molecule has 4 rings (SSSR count). The molecule has 0 aromatic heterocycles. The van der Waals surface area contributed by atoms with Gasteiger partial charge < -0.3 is 29.3 Å². The molecule has 0 saturated carbocycles. The first-order chi connectivity index (χ1) is 21.3. The van der Waals surface area contributed by atoms with Crippen LogP contribution in [0.5, 0.6) is 5.75 Å². The number of nitrogens with zero attached hydrogens (tertiary/aromatic N) is 3. The van der Waals surface area contributed by atoms with E-state index in [4.69, 9.17) is 9.47 Å². The molecule has 9 nitrogen and oxygen atoms in total. The lowest BCUT2D eigenvalue weighted by atomic mass is 9.64. The summed E-state index contributed by atoms with van der Waals surface area (Å²) >= 11 is 0. The van der Waals surface area contributed by atoms with Crippen LogP contribution in [0.15, 0.2) is 49.6 Å². The van der Waals surface area contributed by atoms with Crippen LogP contribution in [0.2, 0.25) is 0 Å². The number of ether oxygens (including phenoxy) is 2. The van der Waals surface area contributed by atoms with Gasteiger partial charge in [0.2, 0.25) is 17.7 Å². The van der Waals surface area contributed by atoms with E-state index in [-0.39, 0.29) is 36.8 Å². The molecular weight excluding hydrogens is 570 g/mol. The van der Waals surface area contributed by atoms with E-state index in [1.54, 1.807) is 26.9 Å². The Kier molecular flexibility index (Phi) is 10.2. The lowest BCUT2D eigenvalue weighted by Crippen LogP contribution is -2.62. The molecule has 7 atom stereocenters. The molecule has 3 aliphatic rings. The molecule has 1 N–H and O–H groups in total. The lowest BCUT2D eigenvalue weighted by molar-refractivity contribution is -0.160. The van der Waals surface area contributed by atoms with Gasteiger partial charge in [0.15, 0.2) is 0 Å². The molecule has 2 unspecified atom stereocenters. The van der Waals surface area contributed by atoms with Crippen LogP contribution in [-0.2, 0) is 19.1 Å². The number of amides is 3. The van der Waals surface area contributed by atoms with E-state index in [1.807, 2.05) is 72.7 Å². The predicted molar refractivity (Wildman–Crippen MR) is 176 cm³/mol. The molecule has 2 bridgehead atoms. The fourth-order valence-corrected chi connectivity index (χ4v) is 7.96. The third kappa shape index (κ3) is 5.71. The number of hydrogen-bond acceptors (Lipinski definition) is 6. The highest BCUT2D eigenvalue weighted by Gasteiger charge is 2.79. The molecule has 0 radical (unpaired) electrons. The number of carbonyl (C=O) groups is 3. The first-order valence-electron chi connectivity index (χ1n) is 16.5. The molecule has 248 valence electrons. The monoisotopic (exact) mass is 623 g/mol. The summed E-state index contributed by atoms with van der Waals surface area (Å²) in [5, 5.41) is 10.7. The summed E-state index contributed by atoms with van der Waals surface area (Å²) < 4.78 is 12.7. The van der Waals surface area contributed by atoms with E-state index in [9.17, 15) is 19.5 Å². The minimum absolute atomic E-state index is 0.0837. The van der Waals surface area contributed by atoms with Crippen molar-refractivity contribution in [2.45, 2.75) is 103 Å². The summed E-state index contributed by atoms with van der Waals surface area (Å²) in [6.45, 7) is 22.3. The van der Waals surface area contributed by atoms with Gasteiger partial charge in [-0.05, 0) is 77.1 Å². The zero-order valence-corrected chi connectivity index (χ0v) is 28.3. The van der Waals surface area contributed by atoms with E-state index in [0.29, 0.717) is 50.3 Å². The van der Waals surface area contributed by atoms with Gasteiger partial charge in [0.25, 0.3) is 0 Å². The Hall–Kier alpha value is -3.17. The van der Waals surface area contributed by atoms with Gasteiger partial charge in [-0.25, -0.2) is 0 Å². The van der Waals surface area contributed by atoms with Crippen molar-refractivity contribution in [2.75, 3.05) is 31.2 Å². The van der Waals surface area contributed by atoms with Crippen molar-refractivity contribution < 1.29 is 29.0 Å². The maximum Gasteiger partial charge on any atom is 0.249 e. The summed E-state index contributed by atoms with van der Waals surface area (Å²) in [6.07, 6.45) is 5.61. The molecule has 1 aromatic rings. The molecular formula is C36H53N3O6. The molecule has 3 saturated heterocycles. The second-order valence-electron chi connectivity index (χ2n) is 13.8. The van der Waals surface area contributed by atoms with Gasteiger partial charge in [-0.15, -0.1) is 13.2 Å². The number of aliphatic hydroxyl groups is 1. The zero-order chi connectivity index (χ0) is 33.3. The number of fused-ring (bicyclic) bond motifs is 1. The predicted octanol–water partition coefficient (Wildman–Crippen LogP) is 4.98. The highest BCUT2D eigenvalue weighted by atomic mass is 16.5. The Morgan fingerprint density at radius 3 is 2.27 bits per heavy atom. The minimum atomic E-state index is -1.20. The summed E-state index contributed by atoms with van der Waals surface area (Å²) in [7, 11) is 0. The normalized spacial score (nSPS) is 28.4. The standard InChI is InChI=1S/C36H53N3O6/c1-10-21-37(25-15-17-26(18-16-25)44-14-5)31(41)28-29-32(42)39(27(23-40)24(6)12-3)30(33(43)38(22-11-2)34(7,8)9)36(29)20-19-35(28,13-4)45-36/h10-11,15-18,24,27-30,40H,1-2,12-14,19-23H2,3-9H3/t24-,27-,28-,29-,30?,35+,36?/m0/s1. The van der Waals surface area contributed by atoms with Crippen molar-refractivity contribution in [1.82, 2.24) is 9.80 Å². The lowest BCUT2D eigenvalue weighted by Gasteiger charge is -2.44. The third-order valence-electron chi connectivity index (χ3n) is 10.4. The Bertz CT molecular complexity index is 1270. The van der Waals surface area contributed by atoms with Crippen molar-refractivity contribution in [3.8, 4) is 5.75 Å². The highest BCUT2D eigenvalue weighted by molar-refractivity contribution is 6.03. The van der Waals surface area contributed by atoms with Crippen molar-refractivity contribution >= 4 is 23.4 Å². The molecule has 0 aliphatic carbocycles. The molecule has 45 heavy (non-hydrogen) atoms. The van der Waals surface area contributed by atoms with Crippen LogP contribution in [0.4, 0.5) is 5.69 Å². The summed E-state index contributed by atoms with van der Waals surface area (Å²) in [5.74, 6) is -1.82. The summed E-state index contributed by atoms with van der Waals surface area (Å²) in [5.41, 5.74) is -2.00. The molecule has 1 spiro atoms. The van der Waals surface area contributed by atoms with E-state index >= 15 is 0 Å². The van der Waals surface area contributed by atoms with Gasteiger partial charge in [0, 0.05) is 24.3 Å². The maximum atomic E-state index is 14.9. The van der Waals surface area contributed by atoms with Crippen molar-refractivity contribution in [1.29, 1.82) is 0 Å². The first-order valence-corrected chi connectivity index (χ1v) is 16.5. The van der Waals surface area contributed by atoms with E-state index in [0.717, 1.165) is 0 Å².